The molecule has 9 heteroatoms. The highest BCUT2D eigenvalue weighted by Crippen LogP contribution is 2.35. The largest absolute Gasteiger partial charge is 0.356 e. The SMILES string of the molecule is CCCCNC(=O)C[C@@H]1N=C2c3ccccc3N=C(S[C@H](CC)C(=O)NC3CCCCC3)N2C1=O. The van der Waals surface area contributed by atoms with Gasteiger partial charge in [-0.05, 0) is 37.8 Å². The lowest BCUT2D eigenvalue weighted by Crippen LogP contribution is -2.45. The van der Waals surface area contributed by atoms with Gasteiger partial charge in [-0.1, -0.05) is 63.4 Å². The summed E-state index contributed by atoms with van der Waals surface area (Å²) in [6.07, 6.45) is 8.05. The molecule has 0 aromatic heterocycles. The molecule has 2 N–H and O–H groups in total. The Hall–Kier alpha value is -2.68. The number of carbonyl (C=O) groups is 3. The van der Waals surface area contributed by atoms with Crippen molar-refractivity contribution in [2.75, 3.05) is 6.54 Å². The van der Waals surface area contributed by atoms with Crippen LogP contribution >= 0.6 is 11.8 Å². The van der Waals surface area contributed by atoms with Gasteiger partial charge in [0.05, 0.1) is 17.4 Å². The van der Waals surface area contributed by atoms with E-state index >= 15 is 0 Å². The number of thioether (sulfide) groups is 1. The second-order valence-electron chi connectivity index (χ2n) is 9.32. The van der Waals surface area contributed by atoms with Crippen LogP contribution in [-0.4, -0.2) is 57.5 Å². The number of amides is 3. The second kappa shape index (κ2) is 11.8. The normalized spacial score (nSPS) is 20.5. The van der Waals surface area contributed by atoms with Crippen molar-refractivity contribution in [1.82, 2.24) is 15.5 Å². The van der Waals surface area contributed by atoms with E-state index in [-0.39, 0.29) is 35.4 Å². The predicted molar refractivity (Wildman–Crippen MR) is 140 cm³/mol. The maximum atomic E-state index is 13.4. The topological polar surface area (TPSA) is 103 Å². The Morgan fingerprint density at radius 1 is 1.17 bits per heavy atom. The van der Waals surface area contributed by atoms with Crippen molar-refractivity contribution in [2.45, 2.75) is 89.0 Å². The average molecular weight is 498 g/mol. The van der Waals surface area contributed by atoms with Crippen molar-refractivity contribution in [3.8, 4) is 0 Å². The minimum absolute atomic E-state index is 0.00202. The van der Waals surface area contributed by atoms with E-state index < -0.39 is 6.04 Å². The Bertz CT molecular complexity index is 1020. The number of benzene rings is 1. The highest BCUT2D eigenvalue weighted by atomic mass is 32.2. The molecule has 35 heavy (non-hydrogen) atoms. The number of hydrogen-bond donors (Lipinski definition) is 2. The van der Waals surface area contributed by atoms with Crippen molar-refractivity contribution in [1.29, 1.82) is 0 Å². The van der Waals surface area contributed by atoms with Gasteiger partial charge in [0, 0.05) is 18.2 Å². The smallest absolute Gasteiger partial charge is 0.259 e. The molecular formula is C26H35N5O3S. The van der Waals surface area contributed by atoms with Crippen LogP contribution in [0, 0.1) is 0 Å². The summed E-state index contributed by atoms with van der Waals surface area (Å²) in [4.78, 5) is 49.9. The predicted octanol–water partition coefficient (Wildman–Crippen LogP) is 3.91. The van der Waals surface area contributed by atoms with E-state index in [0.29, 0.717) is 29.7 Å². The van der Waals surface area contributed by atoms with Crippen LogP contribution in [0.2, 0.25) is 0 Å². The van der Waals surface area contributed by atoms with Crippen LogP contribution in [0.15, 0.2) is 34.3 Å². The fraction of sp³-hybridized carbons (Fsp3) is 0.577. The lowest BCUT2D eigenvalue weighted by atomic mass is 9.95. The van der Waals surface area contributed by atoms with Gasteiger partial charge in [0.15, 0.2) is 5.17 Å². The van der Waals surface area contributed by atoms with E-state index in [1.54, 1.807) is 0 Å². The third kappa shape index (κ3) is 5.94. The Labute approximate surface area is 211 Å². The van der Waals surface area contributed by atoms with Crippen LogP contribution < -0.4 is 10.6 Å². The van der Waals surface area contributed by atoms with Gasteiger partial charge in [0.1, 0.15) is 11.9 Å². The molecule has 1 saturated carbocycles. The Morgan fingerprint density at radius 2 is 1.94 bits per heavy atom. The third-order valence-corrected chi connectivity index (χ3v) is 7.96. The maximum absolute atomic E-state index is 13.4. The second-order valence-corrected chi connectivity index (χ2v) is 10.5. The molecule has 2 atom stereocenters. The number of unbranched alkanes of at least 4 members (excludes halogenated alkanes) is 1. The monoisotopic (exact) mass is 497 g/mol. The molecule has 1 aliphatic carbocycles. The summed E-state index contributed by atoms with van der Waals surface area (Å²) in [7, 11) is 0. The van der Waals surface area contributed by atoms with Crippen LogP contribution in [0.5, 0.6) is 0 Å². The van der Waals surface area contributed by atoms with Crippen LogP contribution in [0.1, 0.15) is 77.2 Å². The lowest BCUT2D eigenvalue weighted by Gasteiger charge is -2.29. The quantitative estimate of drug-likeness (QED) is 0.505. The lowest BCUT2D eigenvalue weighted by molar-refractivity contribution is -0.128. The van der Waals surface area contributed by atoms with Crippen molar-refractivity contribution >= 4 is 46.2 Å². The van der Waals surface area contributed by atoms with Gasteiger partial charge in [0.2, 0.25) is 11.8 Å². The molecule has 4 rings (SSSR count). The number of para-hydroxylation sites is 1. The molecule has 0 spiro atoms. The van der Waals surface area contributed by atoms with Crippen molar-refractivity contribution < 1.29 is 14.4 Å². The van der Waals surface area contributed by atoms with Gasteiger partial charge in [-0.15, -0.1) is 0 Å². The average Bonchev–Trinajstić information content (AvgIpc) is 3.19. The number of aliphatic imine (C=N–C) groups is 2. The van der Waals surface area contributed by atoms with E-state index in [2.05, 4.69) is 22.5 Å². The van der Waals surface area contributed by atoms with Crippen molar-refractivity contribution in [3.05, 3.63) is 29.8 Å². The van der Waals surface area contributed by atoms with Gasteiger partial charge in [-0.3, -0.25) is 19.4 Å². The summed E-state index contributed by atoms with van der Waals surface area (Å²) in [6, 6.07) is 6.98. The Balaban J connectivity index is 1.52. The third-order valence-electron chi connectivity index (χ3n) is 6.64. The van der Waals surface area contributed by atoms with Crippen LogP contribution in [0.25, 0.3) is 0 Å². The summed E-state index contributed by atoms with van der Waals surface area (Å²) >= 11 is 1.31. The first kappa shape index (κ1) is 25.4. The highest BCUT2D eigenvalue weighted by molar-refractivity contribution is 8.15. The van der Waals surface area contributed by atoms with Gasteiger partial charge >= 0.3 is 0 Å². The molecule has 0 unspecified atom stereocenters. The summed E-state index contributed by atoms with van der Waals surface area (Å²) in [6.45, 7) is 4.63. The maximum Gasteiger partial charge on any atom is 0.259 e. The molecule has 2 heterocycles. The standard InChI is InChI=1S/C26H35N5O3S/c1-3-5-15-27-22(32)16-20-25(34)31-23(29-20)18-13-9-10-14-19(18)30-26(31)35-21(4-2)24(33)28-17-11-7-6-8-12-17/h9-10,13-14,17,20-21H,3-8,11-12,15-16H2,1-2H3,(H,27,32)(H,28,33)/t20-,21+/m0/s1. The van der Waals surface area contributed by atoms with Crippen LogP contribution in [0.3, 0.4) is 0 Å². The van der Waals surface area contributed by atoms with E-state index in [1.807, 2.05) is 31.2 Å². The molecule has 1 aromatic carbocycles. The molecule has 1 fully saturated rings. The molecule has 1 aromatic rings. The zero-order chi connectivity index (χ0) is 24.8. The molecule has 188 valence electrons. The first-order valence-electron chi connectivity index (χ1n) is 12.8. The molecule has 8 nitrogen and oxygen atoms in total. The number of nitrogens with zero attached hydrogens (tertiary/aromatic N) is 3. The Kier molecular flexibility index (Phi) is 8.59. The highest BCUT2D eigenvalue weighted by Gasteiger charge is 2.43. The van der Waals surface area contributed by atoms with Crippen molar-refractivity contribution in [3.63, 3.8) is 0 Å². The summed E-state index contributed by atoms with van der Waals surface area (Å²) < 4.78 is 0. The van der Waals surface area contributed by atoms with Crippen LogP contribution in [-0.2, 0) is 14.4 Å². The molecule has 0 radical (unpaired) electrons. The molecular weight excluding hydrogens is 462 g/mol. The van der Waals surface area contributed by atoms with Crippen LogP contribution in [0.4, 0.5) is 5.69 Å². The summed E-state index contributed by atoms with van der Waals surface area (Å²) in [5.74, 6) is 0.0487. The number of hydrogen-bond acceptors (Lipinski definition) is 6. The first-order chi connectivity index (χ1) is 17.0. The summed E-state index contributed by atoms with van der Waals surface area (Å²) in [5.41, 5.74) is 1.48. The number of nitrogens with one attached hydrogen (secondary N) is 2. The minimum atomic E-state index is -0.792. The Morgan fingerprint density at radius 3 is 2.69 bits per heavy atom. The zero-order valence-electron chi connectivity index (χ0n) is 20.6. The molecule has 3 amide bonds. The molecule has 0 bridgehead atoms. The first-order valence-corrected chi connectivity index (χ1v) is 13.7. The zero-order valence-corrected chi connectivity index (χ0v) is 21.4. The number of carbonyl (C=O) groups excluding carboxylic acids is 3. The van der Waals surface area contributed by atoms with E-state index in [9.17, 15) is 14.4 Å². The van der Waals surface area contributed by atoms with Crippen molar-refractivity contribution in [2.24, 2.45) is 9.98 Å². The van der Waals surface area contributed by atoms with E-state index in [1.165, 1.54) is 23.1 Å². The minimum Gasteiger partial charge on any atom is -0.356 e. The van der Waals surface area contributed by atoms with Gasteiger partial charge < -0.3 is 10.6 Å². The number of fused-ring (bicyclic) bond motifs is 3. The molecule has 0 saturated heterocycles. The molecule has 3 aliphatic rings. The fourth-order valence-electron chi connectivity index (χ4n) is 4.66. The summed E-state index contributed by atoms with van der Waals surface area (Å²) in [5, 5.41) is 6.16. The number of rotatable bonds is 9. The molecule has 2 aliphatic heterocycles. The number of amidine groups is 2. The van der Waals surface area contributed by atoms with Gasteiger partial charge in [-0.25, -0.2) is 9.89 Å². The fourth-order valence-corrected chi connectivity index (χ4v) is 5.69. The van der Waals surface area contributed by atoms with Gasteiger partial charge in [-0.2, -0.15) is 0 Å². The van der Waals surface area contributed by atoms with E-state index in [4.69, 9.17) is 4.99 Å². The van der Waals surface area contributed by atoms with Gasteiger partial charge in [0.25, 0.3) is 5.91 Å². The van der Waals surface area contributed by atoms with E-state index in [0.717, 1.165) is 44.1 Å².